The van der Waals surface area contributed by atoms with E-state index in [4.69, 9.17) is 0 Å². The van der Waals surface area contributed by atoms with Gasteiger partial charge in [0.2, 0.25) is 0 Å². The molecule has 3 atom stereocenters. The van der Waals surface area contributed by atoms with E-state index >= 15 is 0 Å². The van der Waals surface area contributed by atoms with E-state index in [2.05, 4.69) is 38.2 Å². The van der Waals surface area contributed by atoms with Crippen LogP contribution in [0.2, 0.25) is 0 Å². The van der Waals surface area contributed by atoms with Crippen LogP contribution in [0.4, 0.5) is 0 Å². The molecule has 1 aromatic rings. The van der Waals surface area contributed by atoms with Gasteiger partial charge in [-0.2, -0.15) is 5.10 Å². The molecule has 1 aromatic heterocycles. The monoisotopic (exact) mass is 263 g/mol. The molecule has 0 aromatic carbocycles. The SMILES string of the molecule is CCC1CCCC(C(NC)c2c(C)nn(C)c2C)C1. The Balaban J connectivity index is 2.24. The highest BCUT2D eigenvalue weighted by molar-refractivity contribution is 5.29. The van der Waals surface area contributed by atoms with Crippen molar-refractivity contribution in [2.24, 2.45) is 18.9 Å². The predicted molar refractivity (Wildman–Crippen MR) is 80.2 cm³/mol. The van der Waals surface area contributed by atoms with Gasteiger partial charge in [0.15, 0.2) is 0 Å². The van der Waals surface area contributed by atoms with Crippen LogP contribution in [0.5, 0.6) is 0 Å². The lowest BCUT2D eigenvalue weighted by Gasteiger charge is -2.34. The van der Waals surface area contributed by atoms with E-state index in [1.165, 1.54) is 49.1 Å². The maximum Gasteiger partial charge on any atom is 0.0644 e. The van der Waals surface area contributed by atoms with Gasteiger partial charge in [0.1, 0.15) is 0 Å². The molecule has 1 fully saturated rings. The highest BCUT2D eigenvalue weighted by Crippen LogP contribution is 2.39. The second-order valence-corrected chi connectivity index (χ2v) is 6.18. The van der Waals surface area contributed by atoms with E-state index in [-0.39, 0.29) is 0 Å². The number of nitrogens with zero attached hydrogens (tertiary/aromatic N) is 2. The summed E-state index contributed by atoms with van der Waals surface area (Å²) in [4.78, 5) is 0. The summed E-state index contributed by atoms with van der Waals surface area (Å²) in [5.41, 5.74) is 3.94. The Kier molecular flexibility index (Phi) is 4.67. The minimum absolute atomic E-state index is 0.475. The topological polar surface area (TPSA) is 29.9 Å². The van der Waals surface area contributed by atoms with Crippen LogP contribution in [-0.4, -0.2) is 16.8 Å². The van der Waals surface area contributed by atoms with E-state index in [0.717, 1.165) is 11.8 Å². The lowest BCUT2D eigenvalue weighted by atomic mass is 9.75. The summed E-state index contributed by atoms with van der Waals surface area (Å²) in [5, 5.41) is 8.16. The molecule has 19 heavy (non-hydrogen) atoms. The highest BCUT2D eigenvalue weighted by atomic mass is 15.3. The molecule has 1 saturated carbocycles. The molecule has 3 heteroatoms. The molecule has 2 rings (SSSR count). The molecule has 108 valence electrons. The molecular formula is C16H29N3. The molecule has 0 amide bonds. The van der Waals surface area contributed by atoms with Crippen molar-refractivity contribution in [2.45, 2.75) is 58.9 Å². The Labute approximate surface area is 117 Å². The summed E-state index contributed by atoms with van der Waals surface area (Å²) in [6.07, 6.45) is 6.87. The van der Waals surface area contributed by atoms with Crippen molar-refractivity contribution in [2.75, 3.05) is 7.05 Å². The Hall–Kier alpha value is -0.830. The summed E-state index contributed by atoms with van der Waals surface area (Å²) < 4.78 is 2.02. The lowest BCUT2D eigenvalue weighted by molar-refractivity contribution is 0.214. The fourth-order valence-electron chi connectivity index (χ4n) is 3.86. The number of hydrogen-bond donors (Lipinski definition) is 1. The summed E-state index contributed by atoms with van der Waals surface area (Å²) in [6, 6.07) is 0.475. The second-order valence-electron chi connectivity index (χ2n) is 6.18. The van der Waals surface area contributed by atoms with Gasteiger partial charge in [-0.25, -0.2) is 0 Å². The third-order valence-electron chi connectivity index (χ3n) is 5.06. The molecule has 1 heterocycles. The molecule has 0 aliphatic heterocycles. The number of nitrogens with one attached hydrogen (secondary N) is 1. The van der Waals surface area contributed by atoms with Crippen LogP contribution in [0.15, 0.2) is 0 Å². The summed E-state index contributed by atoms with van der Waals surface area (Å²) in [6.45, 7) is 6.68. The van der Waals surface area contributed by atoms with Crippen LogP contribution in [-0.2, 0) is 7.05 Å². The van der Waals surface area contributed by atoms with Crippen LogP contribution >= 0.6 is 0 Å². The fraction of sp³-hybridized carbons (Fsp3) is 0.812. The van der Waals surface area contributed by atoms with Gasteiger partial charge in [0.05, 0.1) is 5.69 Å². The van der Waals surface area contributed by atoms with Crippen LogP contribution in [0.1, 0.15) is 62.0 Å². The maximum atomic E-state index is 4.59. The number of rotatable bonds is 4. The van der Waals surface area contributed by atoms with Gasteiger partial charge in [-0.3, -0.25) is 4.68 Å². The Morgan fingerprint density at radius 2 is 2.11 bits per heavy atom. The van der Waals surface area contributed by atoms with Gasteiger partial charge in [-0.1, -0.05) is 26.2 Å². The summed E-state index contributed by atoms with van der Waals surface area (Å²) in [7, 11) is 4.15. The van der Waals surface area contributed by atoms with E-state index in [1.807, 2.05) is 11.7 Å². The molecule has 0 bridgehead atoms. The average Bonchev–Trinajstić information content (AvgIpc) is 2.66. The molecule has 0 radical (unpaired) electrons. The lowest BCUT2D eigenvalue weighted by Crippen LogP contribution is -2.30. The maximum absolute atomic E-state index is 4.59. The third-order valence-corrected chi connectivity index (χ3v) is 5.06. The zero-order valence-electron chi connectivity index (χ0n) is 13.2. The zero-order valence-corrected chi connectivity index (χ0v) is 13.2. The molecule has 1 aliphatic carbocycles. The van der Waals surface area contributed by atoms with Crippen LogP contribution in [0.3, 0.4) is 0 Å². The van der Waals surface area contributed by atoms with Crippen LogP contribution in [0.25, 0.3) is 0 Å². The molecule has 3 nitrogen and oxygen atoms in total. The molecule has 1 N–H and O–H groups in total. The van der Waals surface area contributed by atoms with Crippen molar-refractivity contribution in [3.05, 3.63) is 17.0 Å². The Morgan fingerprint density at radius 3 is 2.63 bits per heavy atom. The van der Waals surface area contributed by atoms with Crippen LogP contribution in [0, 0.1) is 25.7 Å². The van der Waals surface area contributed by atoms with Gasteiger partial charge in [0.25, 0.3) is 0 Å². The first kappa shape index (κ1) is 14.6. The van der Waals surface area contributed by atoms with Gasteiger partial charge < -0.3 is 5.32 Å². The quantitative estimate of drug-likeness (QED) is 0.901. The second kappa shape index (κ2) is 6.08. The molecule has 3 unspecified atom stereocenters. The van der Waals surface area contributed by atoms with Crippen molar-refractivity contribution in [1.82, 2.24) is 15.1 Å². The van der Waals surface area contributed by atoms with Crippen LogP contribution < -0.4 is 5.32 Å². The minimum Gasteiger partial charge on any atom is -0.313 e. The van der Waals surface area contributed by atoms with E-state index in [1.54, 1.807) is 0 Å². The predicted octanol–water partition coefficient (Wildman–Crippen LogP) is 3.51. The number of hydrogen-bond acceptors (Lipinski definition) is 2. The standard InChI is InChI=1S/C16H29N3/c1-6-13-8-7-9-14(10-13)16(17-4)15-11(2)18-19(5)12(15)3/h13-14,16-17H,6-10H2,1-5H3. The van der Waals surface area contributed by atoms with Crippen molar-refractivity contribution in [3.8, 4) is 0 Å². The van der Waals surface area contributed by atoms with E-state index < -0.39 is 0 Å². The summed E-state index contributed by atoms with van der Waals surface area (Å²) >= 11 is 0. The first-order chi connectivity index (χ1) is 9.08. The first-order valence-corrected chi connectivity index (χ1v) is 7.75. The normalized spacial score (nSPS) is 25.5. The summed E-state index contributed by atoms with van der Waals surface area (Å²) in [5.74, 6) is 1.69. The average molecular weight is 263 g/mol. The smallest absolute Gasteiger partial charge is 0.0644 e. The third kappa shape index (κ3) is 2.86. The molecule has 1 aliphatic rings. The van der Waals surface area contributed by atoms with Crippen molar-refractivity contribution >= 4 is 0 Å². The van der Waals surface area contributed by atoms with Gasteiger partial charge in [-0.15, -0.1) is 0 Å². The first-order valence-electron chi connectivity index (χ1n) is 7.75. The van der Waals surface area contributed by atoms with Crippen molar-refractivity contribution < 1.29 is 0 Å². The van der Waals surface area contributed by atoms with Crippen molar-refractivity contribution in [1.29, 1.82) is 0 Å². The van der Waals surface area contributed by atoms with Crippen molar-refractivity contribution in [3.63, 3.8) is 0 Å². The number of aryl methyl sites for hydroxylation is 2. The minimum atomic E-state index is 0.475. The van der Waals surface area contributed by atoms with Gasteiger partial charge in [-0.05, 0) is 45.6 Å². The van der Waals surface area contributed by atoms with Gasteiger partial charge >= 0.3 is 0 Å². The van der Waals surface area contributed by atoms with Gasteiger partial charge in [0, 0.05) is 24.3 Å². The van der Waals surface area contributed by atoms with E-state index in [0.29, 0.717) is 6.04 Å². The molecule has 0 saturated heterocycles. The molecular weight excluding hydrogens is 234 g/mol. The highest BCUT2D eigenvalue weighted by Gasteiger charge is 2.30. The zero-order chi connectivity index (χ0) is 14.0. The number of aromatic nitrogens is 2. The molecule has 0 spiro atoms. The fourth-order valence-corrected chi connectivity index (χ4v) is 3.86. The Bertz CT molecular complexity index is 422. The largest absolute Gasteiger partial charge is 0.313 e. The van der Waals surface area contributed by atoms with E-state index in [9.17, 15) is 0 Å². The Morgan fingerprint density at radius 1 is 1.37 bits per heavy atom.